The molecule has 5 atom stereocenters. The van der Waals surface area contributed by atoms with Crippen LogP contribution in [-0.2, 0) is 51.2 Å². The molecule has 6 N–H and O–H groups in total. The van der Waals surface area contributed by atoms with Gasteiger partial charge in [-0.3, -0.25) is 19.2 Å². The van der Waals surface area contributed by atoms with Crippen molar-refractivity contribution in [2.45, 2.75) is 224 Å². The monoisotopic (exact) mass is 957 g/mol. The molecule has 0 aliphatic carbocycles. The van der Waals surface area contributed by atoms with Gasteiger partial charge in [-0.15, -0.1) is 0 Å². The summed E-state index contributed by atoms with van der Waals surface area (Å²) in [6.07, 6.45) is 25.7. The fourth-order valence-corrected chi connectivity index (χ4v) is 9.06. The zero-order valence-electron chi connectivity index (χ0n) is 38.7. The second-order valence-corrected chi connectivity index (χ2v) is 19.5. The molecule has 19 heteroatoms. The molecule has 64 heavy (non-hydrogen) atoms. The lowest BCUT2D eigenvalue weighted by Gasteiger charge is -2.25. The molecule has 0 amide bonds. The number of phosphoric acid groups is 2. The highest BCUT2D eigenvalue weighted by Gasteiger charge is 2.49. The van der Waals surface area contributed by atoms with Crippen LogP contribution < -0.4 is 0 Å². The van der Waals surface area contributed by atoms with Gasteiger partial charge in [0.05, 0.1) is 26.4 Å². The summed E-state index contributed by atoms with van der Waals surface area (Å²) in [5.74, 6) is -5.64. The maximum atomic E-state index is 13.4. The molecule has 0 bridgehead atoms. The van der Waals surface area contributed by atoms with Crippen molar-refractivity contribution in [3.05, 3.63) is 23.0 Å². The minimum Gasteiger partial charge on any atom is -0.490 e. The number of esters is 2. The van der Waals surface area contributed by atoms with Gasteiger partial charge in [0.1, 0.15) is 12.2 Å². The lowest BCUT2D eigenvalue weighted by atomic mass is 10.0. The molecule has 0 fully saturated rings. The first-order valence-corrected chi connectivity index (χ1v) is 27.3. The van der Waals surface area contributed by atoms with E-state index >= 15 is 0 Å². The highest BCUT2D eigenvalue weighted by atomic mass is 31.2. The van der Waals surface area contributed by atoms with E-state index in [9.17, 15) is 48.7 Å². The van der Waals surface area contributed by atoms with Crippen molar-refractivity contribution >= 4 is 27.6 Å². The van der Waals surface area contributed by atoms with E-state index in [0.29, 0.717) is 12.8 Å². The van der Waals surface area contributed by atoms with Gasteiger partial charge < -0.3 is 43.3 Å². The zero-order chi connectivity index (χ0) is 47.1. The van der Waals surface area contributed by atoms with Gasteiger partial charge in [0.2, 0.25) is 0 Å². The Balaban J connectivity index is 1.93. The van der Waals surface area contributed by atoms with Crippen LogP contribution in [0.25, 0.3) is 0 Å². The zero-order valence-corrected chi connectivity index (χ0v) is 40.5. The molecular formula is C45H82O17P2. The molecule has 0 saturated carbocycles. The SMILES string of the molecule is CCCCCCCCCCCCCCCCCOC1=C(OP(=O)(O)O[C@@H](CO)[C@H]2OC(=O)C(OP(=O)(O)O)=C2OCCCCCCCCCCCCCCCC)C(=O)O[C@@H]1[C@@H](O)CO. The summed E-state index contributed by atoms with van der Waals surface area (Å²) in [6.45, 7) is 2.43. The molecule has 2 aliphatic rings. The molecule has 2 rings (SSSR count). The van der Waals surface area contributed by atoms with Gasteiger partial charge in [0.25, 0.3) is 11.5 Å². The van der Waals surface area contributed by atoms with Gasteiger partial charge in [-0.2, -0.15) is 0 Å². The number of rotatable bonds is 43. The van der Waals surface area contributed by atoms with E-state index < -0.39 is 88.3 Å². The summed E-state index contributed by atoms with van der Waals surface area (Å²) in [5.41, 5.74) is 0. The number of hydrogen-bond acceptors (Lipinski definition) is 14. The van der Waals surface area contributed by atoms with E-state index in [1.165, 1.54) is 116 Å². The maximum Gasteiger partial charge on any atom is 0.528 e. The van der Waals surface area contributed by atoms with Crippen molar-refractivity contribution in [2.24, 2.45) is 0 Å². The molecule has 0 aromatic rings. The molecule has 0 saturated heterocycles. The summed E-state index contributed by atoms with van der Waals surface area (Å²) < 4.78 is 61.6. The van der Waals surface area contributed by atoms with Crippen molar-refractivity contribution in [3.8, 4) is 0 Å². The topological polar surface area (TPSA) is 254 Å². The second kappa shape index (κ2) is 34.1. The number of aliphatic hydroxyl groups excluding tert-OH is 3. The number of cyclic esters (lactones) is 2. The van der Waals surface area contributed by atoms with Gasteiger partial charge >= 0.3 is 27.6 Å². The Morgan fingerprint density at radius 3 is 1.17 bits per heavy atom. The van der Waals surface area contributed by atoms with Crippen LogP contribution in [0.15, 0.2) is 23.0 Å². The number of aliphatic hydroxyl groups is 3. The summed E-state index contributed by atoms with van der Waals surface area (Å²) >= 11 is 0. The van der Waals surface area contributed by atoms with Crippen LogP contribution >= 0.6 is 15.6 Å². The Hall–Kier alpha value is -2.20. The first kappa shape index (κ1) is 57.9. The highest BCUT2D eigenvalue weighted by molar-refractivity contribution is 7.47. The predicted octanol–water partition coefficient (Wildman–Crippen LogP) is 9.60. The van der Waals surface area contributed by atoms with Gasteiger partial charge in [-0.05, 0) is 12.8 Å². The molecule has 17 nitrogen and oxygen atoms in total. The molecule has 0 aromatic heterocycles. The Morgan fingerprint density at radius 1 is 0.500 bits per heavy atom. The van der Waals surface area contributed by atoms with E-state index in [2.05, 4.69) is 18.4 Å². The first-order valence-electron chi connectivity index (χ1n) is 24.3. The van der Waals surface area contributed by atoms with Crippen LogP contribution in [0.3, 0.4) is 0 Å². The third-order valence-electron chi connectivity index (χ3n) is 11.3. The van der Waals surface area contributed by atoms with E-state index in [1.54, 1.807) is 0 Å². The summed E-state index contributed by atoms with van der Waals surface area (Å²) in [7, 11) is -10.8. The number of ether oxygens (including phenoxy) is 4. The maximum absolute atomic E-state index is 13.4. The number of carbonyl (C=O) groups is 2. The van der Waals surface area contributed by atoms with Gasteiger partial charge in [0.15, 0.2) is 23.7 Å². The van der Waals surface area contributed by atoms with E-state index in [-0.39, 0.29) is 13.2 Å². The molecule has 374 valence electrons. The molecule has 0 spiro atoms. The van der Waals surface area contributed by atoms with Crippen LogP contribution in [-0.4, -0.2) is 92.8 Å². The standard InChI is InChI=1S/C45H82O17P2/c1-3-5-7-9-11-13-15-17-19-21-23-24-26-28-30-32-56-40-38(36(48)34-46)58-45(50)43(40)62-64(54,55)60-37(35-47)39-41(42(44(49)59-39)61-63(51,52)53)57-33-31-29-27-25-22-20-18-16-14-12-10-8-6-4-2/h36-39,46-48H,3-35H2,1-2H3,(H,54,55)(H2,51,52,53)/t36-,37-,38+,39+/m0/s1. The normalized spacial score (nSPS) is 18.6. The molecular weight excluding hydrogens is 874 g/mol. The largest absolute Gasteiger partial charge is 0.528 e. The smallest absolute Gasteiger partial charge is 0.490 e. The van der Waals surface area contributed by atoms with Crippen LogP contribution in [0.5, 0.6) is 0 Å². The predicted molar refractivity (Wildman–Crippen MR) is 240 cm³/mol. The first-order chi connectivity index (χ1) is 30.8. The van der Waals surface area contributed by atoms with E-state index in [1.807, 2.05) is 0 Å². The highest BCUT2D eigenvalue weighted by Crippen LogP contribution is 2.51. The van der Waals surface area contributed by atoms with Crippen molar-refractivity contribution in [1.29, 1.82) is 0 Å². The Bertz CT molecular complexity index is 1450. The van der Waals surface area contributed by atoms with Crippen LogP contribution in [0, 0.1) is 0 Å². The minimum atomic E-state index is -5.46. The van der Waals surface area contributed by atoms with Crippen LogP contribution in [0.4, 0.5) is 0 Å². The Morgan fingerprint density at radius 2 is 0.828 bits per heavy atom. The van der Waals surface area contributed by atoms with Crippen LogP contribution in [0.1, 0.15) is 200 Å². The molecule has 2 aliphatic heterocycles. The summed E-state index contributed by atoms with van der Waals surface area (Å²) in [4.78, 5) is 55.4. The van der Waals surface area contributed by atoms with Crippen LogP contribution in [0.2, 0.25) is 0 Å². The lowest BCUT2D eigenvalue weighted by Crippen LogP contribution is -2.35. The third-order valence-corrected chi connectivity index (χ3v) is 12.7. The van der Waals surface area contributed by atoms with Crippen molar-refractivity contribution < 1.29 is 81.2 Å². The lowest BCUT2D eigenvalue weighted by molar-refractivity contribution is -0.148. The number of phosphoric ester groups is 2. The molecule has 2 heterocycles. The average Bonchev–Trinajstić information content (AvgIpc) is 3.72. The molecule has 1 unspecified atom stereocenters. The Kier molecular flexibility index (Phi) is 30.9. The quantitative estimate of drug-likeness (QED) is 0.0189. The summed E-state index contributed by atoms with van der Waals surface area (Å²) in [5, 5.41) is 30.2. The number of hydrogen-bond donors (Lipinski definition) is 6. The van der Waals surface area contributed by atoms with Gasteiger partial charge in [-0.25, -0.2) is 18.7 Å². The minimum absolute atomic E-state index is 0.0206. The third kappa shape index (κ3) is 24.5. The van der Waals surface area contributed by atoms with E-state index in [0.717, 1.165) is 57.8 Å². The van der Waals surface area contributed by atoms with Gasteiger partial charge in [0, 0.05) is 0 Å². The number of unbranched alkanes of at least 4 members (excludes halogenated alkanes) is 27. The average molecular weight is 957 g/mol. The van der Waals surface area contributed by atoms with Crippen molar-refractivity contribution in [2.75, 3.05) is 26.4 Å². The Labute approximate surface area is 381 Å². The fourth-order valence-electron chi connectivity index (χ4n) is 7.70. The van der Waals surface area contributed by atoms with E-state index in [4.69, 9.17) is 28.0 Å². The second-order valence-electron chi connectivity index (χ2n) is 17.0. The number of carbonyl (C=O) groups excluding carboxylic acids is 2. The van der Waals surface area contributed by atoms with Crippen molar-refractivity contribution in [3.63, 3.8) is 0 Å². The van der Waals surface area contributed by atoms with Crippen molar-refractivity contribution in [1.82, 2.24) is 0 Å². The molecule has 0 aromatic carbocycles. The van der Waals surface area contributed by atoms with Gasteiger partial charge in [-0.1, -0.05) is 187 Å². The fraction of sp³-hybridized carbons (Fsp3) is 0.867. The molecule has 0 radical (unpaired) electrons. The summed E-state index contributed by atoms with van der Waals surface area (Å²) in [6, 6.07) is 0.